The van der Waals surface area contributed by atoms with Crippen molar-refractivity contribution in [3.05, 3.63) is 12.4 Å². The van der Waals surface area contributed by atoms with E-state index < -0.39 is 0 Å². The van der Waals surface area contributed by atoms with Gasteiger partial charge in [-0.25, -0.2) is 4.98 Å². The van der Waals surface area contributed by atoms with E-state index in [1.165, 1.54) is 64.6 Å². The van der Waals surface area contributed by atoms with Crippen LogP contribution in [0.15, 0.2) is 12.4 Å². The lowest BCUT2D eigenvalue weighted by Gasteiger charge is -2.25. The molecule has 2 fully saturated rings. The summed E-state index contributed by atoms with van der Waals surface area (Å²) in [4.78, 5) is 7.14. The first kappa shape index (κ1) is 14.9. The van der Waals surface area contributed by atoms with Crippen LogP contribution in [0.1, 0.15) is 51.9 Å². The highest BCUT2D eigenvalue weighted by atomic mass is 15.2. The predicted octanol–water partition coefficient (Wildman–Crippen LogP) is 3.36. The van der Waals surface area contributed by atoms with E-state index in [1.54, 1.807) is 0 Å². The Bertz CT molecular complexity index is 416. The minimum Gasteiger partial charge on any atom is -0.353 e. The Hall–Kier alpha value is -1.03. The second kappa shape index (κ2) is 7.30. The van der Waals surface area contributed by atoms with Gasteiger partial charge in [0.25, 0.3) is 0 Å². The van der Waals surface area contributed by atoms with Crippen LogP contribution in [0.25, 0.3) is 0 Å². The second-order valence-corrected chi connectivity index (χ2v) is 7.00. The number of imidazole rings is 1. The monoisotopic (exact) mass is 290 g/mol. The van der Waals surface area contributed by atoms with Gasteiger partial charge in [0.2, 0.25) is 5.95 Å². The lowest BCUT2D eigenvalue weighted by Crippen LogP contribution is -2.29. The molecule has 0 spiro atoms. The van der Waals surface area contributed by atoms with Gasteiger partial charge < -0.3 is 14.8 Å². The zero-order valence-corrected chi connectivity index (χ0v) is 13.4. The van der Waals surface area contributed by atoms with Crippen LogP contribution >= 0.6 is 0 Å². The quantitative estimate of drug-likeness (QED) is 0.872. The standard InChI is InChI=1S/C17H30N4/c1-15(13-20-10-5-6-11-20)14-21-12-9-18-17(21)19-16-7-3-2-4-8-16/h9,12,15-16H,2-8,10-11,13-14H2,1H3,(H,18,19). The Kier molecular flexibility index (Phi) is 5.17. The summed E-state index contributed by atoms with van der Waals surface area (Å²) in [6, 6.07) is 0.633. The summed E-state index contributed by atoms with van der Waals surface area (Å²) in [5.74, 6) is 1.76. The van der Waals surface area contributed by atoms with Crippen molar-refractivity contribution in [2.24, 2.45) is 5.92 Å². The Morgan fingerprint density at radius 1 is 1.14 bits per heavy atom. The maximum atomic E-state index is 4.53. The van der Waals surface area contributed by atoms with Crippen molar-refractivity contribution in [3.8, 4) is 0 Å². The maximum Gasteiger partial charge on any atom is 0.202 e. The molecule has 118 valence electrons. The van der Waals surface area contributed by atoms with Gasteiger partial charge in [-0.2, -0.15) is 0 Å². The average molecular weight is 290 g/mol. The van der Waals surface area contributed by atoms with Crippen LogP contribution in [0.5, 0.6) is 0 Å². The Morgan fingerprint density at radius 3 is 2.67 bits per heavy atom. The molecule has 4 heteroatoms. The molecule has 4 nitrogen and oxygen atoms in total. The summed E-state index contributed by atoms with van der Waals surface area (Å²) < 4.78 is 2.31. The van der Waals surface area contributed by atoms with E-state index >= 15 is 0 Å². The van der Waals surface area contributed by atoms with E-state index in [0.29, 0.717) is 12.0 Å². The largest absolute Gasteiger partial charge is 0.353 e. The van der Waals surface area contributed by atoms with Gasteiger partial charge in [0.05, 0.1) is 0 Å². The zero-order valence-electron chi connectivity index (χ0n) is 13.4. The van der Waals surface area contributed by atoms with Gasteiger partial charge in [0.1, 0.15) is 0 Å². The first-order chi connectivity index (χ1) is 10.3. The third-order valence-electron chi connectivity index (χ3n) is 4.93. The molecular formula is C17H30N4. The van der Waals surface area contributed by atoms with Crippen molar-refractivity contribution in [1.29, 1.82) is 0 Å². The first-order valence-electron chi connectivity index (χ1n) is 8.81. The Labute approximate surface area is 128 Å². The number of aromatic nitrogens is 2. The number of rotatable bonds is 6. The molecule has 1 aromatic rings. The van der Waals surface area contributed by atoms with Crippen molar-refractivity contribution in [1.82, 2.24) is 14.5 Å². The minimum atomic E-state index is 0.633. The van der Waals surface area contributed by atoms with Crippen molar-refractivity contribution < 1.29 is 0 Å². The Morgan fingerprint density at radius 2 is 1.90 bits per heavy atom. The number of anilines is 1. The fourth-order valence-corrected chi connectivity index (χ4v) is 3.83. The van der Waals surface area contributed by atoms with Crippen LogP contribution in [0.2, 0.25) is 0 Å². The lowest BCUT2D eigenvalue weighted by molar-refractivity contribution is 0.272. The van der Waals surface area contributed by atoms with Gasteiger partial charge in [-0.05, 0) is 44.7 Å². The van der Waals surface area contributed by atoms with E-state index in [-0.39, 0.29) is 0 Å². The molecular weight excluding hydrogens is 260 g/mol. The lowest BCUT2D eigenvalue weighted by atomic mass is 9.96. The van der Waals surface area contributed by atoms with Crippen LogP contribution in [0.3, 0.4) is 0 Å². The third kappa shape index (κ3) is 4.22. The second-order valence-electron chi connectivity index (χ2n) is 7.00. The van der Waals surface area contributed by atoms with E-state index in [0.717, 1.165) is 12.5 Å². The van der Waals surface area contributed by atoms with Crippen LogP contribution in [0.4, 0.5) is 5.95 Å². The molecule has 0 aromatic carbocycles. The molecule has 0 radical (unpaired) electrons. The van der Waals surface area contributed by atoms with Gasteiger partial charge in [-0.3, -0.25) is 0 Å². The van der Waals surface area contributed by atoms with Crippen LogP contribution in [-0.4, -0.2) is 40.1 Å². The molecule has 1 aliphatic carbocycles. The van der Waals surface area contributed by atoms with Crippen LogP contribution in [0, 0.1) is 5.92 Å². The zero-order chi connectivity index (χ0) is 14.5. The van der Waals surface area contributed by atoms with Gasteiger partial charge in [0, 0.05) is 31.5 Å². The smallest absolute Gasteiger partial charge is 0.202 e. The topological polar surface area (TPSA) is 33.1 Å². The fourth-order valence-electron chi connectivity index (χ4n) is 3.83. The molecule has 1 unspecified atom stereocenters. The fraction of sp³-hybridized carbons (Fsp3) is 0.824. The van der Waals surface area contributed by atoms with E-state index in [2.05, 4.69) is 32.9 Å². The molecule has 1 aliphatic heterocycles. The molecule has 21 heavy (non-hydrogen) atoms. The summed E-state index contributed by atoms with van der Waals surface area (Å²) in [5.41, 5.74) is 0. The summed E-state index contributed by atoms with van der Waals surface area (Å²) in [7, 11) is 0. The van der Waals surface area contributed by atoms with Gasteiger partial charge >= 0.3 is 0 Å². The van der Waals surface area contributed by atoms with Gasteiger partial charge in [-0.1, -0.05) is 26.2 Å². The SMILES string of the molecule is CC(CN1CCCC1)Cn1ccnc1NC1CCCCC1. The third-order valence-corrected chi connectivity index (χ3v) is 4.93. The number of nitrogens with one attached hydrogen (secondary N) is 1. The number of hydrogen-bond donors (Lipinski definition) is 1. The molecule has 1 saturated heterocycles. The van der Waals surface area contributed by atoms with Crippen LogP contribution in [-0.2, 0) is 6.54 Å². The summed E-state index contributed by atoms with van der Waals surface area (Å²) in [6.07, 6.45) is 13.6. The van der Waals surface area contributed by atoms with Gasteiger partial charge in [-0.15, -0.1) is 0 Å². The summed E-state index contributed by atoms with van der Waals surface area (Å²) in [6.45, 7) is 7.25. The molecule has 1 saturated carbocycles. The summed E-state index contributed by atoms with van der Waals surface area (Å²) >= 11 is 0. The normalized spacial score (nSPS) is 22.5. The first-order valence-corrected chi connectivity index (χ1v) is 8.81. The molecule has 0 bridgehead atoms. The highest BCUT2D eigenvalue weighted by Crippen LogP contribution is 2.21. The molecule has 0 amide bonds. The Balaban J connectivity index is 1.51. The van der Waals surface area contributed by atoms with Crippen LogP contribution < -0.4 is 5.32 Å². The number of likely N-dealkylation sites (tertiary alicyclic amines) is 1. The highest BCUT2D eigenvalue weighted by Gasteiger charge is 2.18. The van der Waals surface area contributed by atoms with Crippen molar-refractivity contribution in [3.63, 3.8) is 0 Å². The van der Waals surface area contributed by atoms with E-state index in [9.17, 15) is 0 Å². The van der Waals surface area contributed by atoms with Gasteiger partial charge in [0.15, 0.2) is 0 Å². The minimum absolute atomic E-state index is 0.633. The molecule has 1 atom stereocenters. The van der Waals surface area contributed by atoms with E-state index in [4.69, 9.17) is 0 Å². The number of nitrogens with zero attached hydrogens (tertiary/aromatic N) is 3. The predicted molar refractivity (Wildman–Crippen MR) is 87.6 cm³/mol. The molecule has 3 rings (SSSR count). The average Bonchev–Trinajstić information content (AvgIpc) is 3.13. The molecule has 1 aromatic heterocycles. The molecule has 2 aliphatic rings. The van der Waals surface area contributed by atoms with Crippen molar-refractivity contribution in [2.45, 2.75) is 64.5 Å². The van der Waals surface area contributed by atoms with Crippen molar-refractivity contribution in [2.75, 3.05) is 25.0 Å². The molecule has 1 N–H and O–H groups in total. The van der Waals surface area contributed by atoms with Crippen molar-refractivity contribution >= 4 is 5.95 Å². The number of hydrogen-bond acceptors (Lipinski definition) is 3. The molecule has 2 heterocycles. The maximum absolute atomic E-state index is 4.53. The van der Waals surface area contributed by atoms with E-state index in [1.807, 2.05) is 6.20 Å². The summed E-state index contributed by atoms with van der Waals surface area (Å²) in [5, 5.41) is 3.67. The highest BCUT2D eigenvalue weighted by molar-refractivity contribution is 5.27.